The van der Waals surface area contributed by atoms with Gasteiger partial charge in [-0.1, -0.05) is 19.9 Å². The van der Waals surface area contributed by atoms with E-state index in [1.165, 1.54) is 0 Å². The van der Waals surface area contributed by atoms with Crippen molar-refractivity contribution in [2.45, 2.75) is 31.3 Å². The van der Waals surface area contributed by atoms with Gasteiger partial charge in [0.1, 0.15) is 0 Å². The van der Waals surface area contributed by atoms with Gasteiger partial charge in [-0.15, -0.1) is 0 Å². The van der Waals surface area contributed by atoms with Gasteiger partial charge >= 0.3 is 0 Å². The molecule has 0 aliphatic carbocycles. The number of benzene rings is 1. The molecule has 98 valence electrons. The largest absolute Gasteiger partial charge is 0.399 e. The smallest absolute Gasteiger partial charge is 0.254 e. The van der Waals surface area contributed by atoms with Gasteiger partial charge in [0.15, 0.2) is 0 Å². The predicted molar refractivity (Wildman–Crippen MR) is 78.0 cm³/mol. The van der Waals surface area contributed by atoms with Crippen molar-refractivity contribution in [1.82, 2.24) is 4.90 Å². The molecule has 1 saturated heterocycles. The molecule has 1 aliphatic rings. The average molecular weight is 264 g/mol. The summed E-state index contributed by atoms with van der Waals surface area (Å²) in [7, 11) is 0. The number of hydrogen-bond acceptors (Lipinski definition) is 3. The molecule has 2 rings (SSSR count). The molecule has 2 N–H and O–H groups in total. The van der Waals surface area contributed by atoms with Crippen LogP contribution in [0.3, 0.4) is 0 Å². The predicted octanol–water partition coefficient (Wildman–Crippen LogP) is 2.54. The summed E-state index contributed by atoms with van der Waals surface area (Å²) in [6, 6.07) is 5.53. The Hall–Kier alpha value is -1.16. The van der Waals surface area contributed by atoms with E-state index < -0.39 is 0 Å². The Balaban J connectivity index is 2.22. The molecule has 4 heteroatoms. The second kappa shape index (κ2) is 5.22. The van der Waals surface area contributed by atoms with Crippen molar-refractivity contribution in [2.75, 3.05) is 18.8 Å². The van der Waals surface area contributed by atoms with Crippen molar-refractivity contribution in [3.63, 3.8) is 0 Å². The standard InChI is InChI=1S/C14H20N2OS/c1-9-4-5-12(15)6-13(9)14(17)16-7-10(2)18-11(3)8-16/h4-6,10-11H,7-8,15H2,1-3H3. The summed E-state index contributed by atoms with van der Waals surface area (Å²) < 4.78 is 0. The zero-order chi connectivity index (χ0) is 13.3. The molecule has 1 amide bonds. The van der Waals surface area contributed by atoms with Gasteiger partial charge in [-0.3, -0.25) is 4.79 Å². The first-order valence-electron chi connectivity index (χ1n) is 6.28. The first-order valence-corrected chi connectivity index (χ1v) is 7.22. The number of carbonyl (C=O) groups is 1. The van der Waals surface area contributed by atoms with Crippen LogP contribution in [0.5, 0.6) is 0 Å². The van der Waals surface area contributed by atoms with Gasteiger partial charge in [0.05, 0.1) is 0 Å². The number of nitrogens with two attached hydrogens (primary N) is 1. The van der Waals surface area contributed by atoms with Crippen LogP contribution in [-0.4, -0.2) is 34.4 Å². The molecular formula is C14H20N2OS. The summed E-state index contributed by atoms with van der Waals surface area (Å²) in [4.78, 5) is 14.5. The van der Waals surface area contributed by atoms with Crippen molar-refractivity contribution in [3.8, 4) is 0 Å². The molecule has 1 heterocycles. The minimum Gasteiger partial charge on any atom is -0.399 e. The number of amides is 1. The Kier molecular flexibility index (Phi) is 3.85. The molecule has 2 atom stereocenters. The quantitative estimate of drug-likeness (QED) is 0.793. The van der Waals surface area contributed by atoms with Crippen molar-refractivity contribution in [2.24, 2.45) is 0 Å². The Labute approximate surface area is 113 Å². The summed E-state index contributed by atoms with van der Waals surface area (Å²) in [5, 5.41) is 0.998. The average Bonchev–Trinajstić information content (AvgIpc) is 2.30. The molecule has 0 spiro atoms. The lowest BCUT2D eigenvalue weighted by Gasteiger charge is -2.35. The van der Waals surface area contributed by atoms with E-state index in [0.29, 0.717) is 16.2 Å². The number of anilines is 1. The van der Waals surface area contributed by atoms with Crippen molar-refractivity contribution < 1.29 is 4.79 Å². The van der Waals surface area contributed by atoms with Gasteiger partial charge < -0.3 is 10.6 Å². The monoisotopic (exact) mass is 264 g/mol. The fraction of sp³-hybridized carbons (Fsp3) is 0.500. The molecule has 0 radical (unpaired) electrons. The minimum atomic E-state index is 0.110. The Morgan fingerprint density at radius 3 is 2.56 bits per heavy atom. The van der Waals surface area contributed by atoms with Gasteiger partial charge in [-0.2, -0.15) is 11.8 Å². The van der Waals surface area contributed by atoms with Gasteiger partial charge in [0.2, 0.25) is 0 Å². The SMILES string of the molecule is Cc1ccc(N)cc1C(=O)N1CC(C)SC(C)C1. The highest BCUT2D eigenvalue weighted by atomic mass is 32.2. The van der Waals surface area contributed by atoms with Crippen molar-refractivity contribution >= 4 is 23.4 Å². The van der Waals surface area contributed by atoms with E-state index >= 15 is 0 Å². The Morgan fingerprint density at radius 1 is 1.33 bits per heavy atom. The van der Waals surface area contributed by atoms with E-state index in [4.69, 9.17) is 5.73 Å². The molecule has 0 saturated carbocycles. The van der Waals surface area contributed by atoms with Crippen LogP contribution in [0.2, 0.25) is 0 Å². The molecule has 18 heavy (non-hydrogen) atoms. The van der Waals surface area contributed by atoms with Crippen molar-refractivity contribution in [3.05, 3.63) is 29.3 Å². The maximum absolute atomic E-state index is 12.5. The summed E-state index contributed by atoms with van der Waals surface area (Å²) in [6.45, 7) is 7.95. The van der Waals surface area contributed by atoms with E-state index in [-0.39, 0.29) is 5.91 Å². The highest BCUT2D eigenvalue weighted by molar-refractivity contribution is 8.00. The van der Waals surface area contributed by atoms with Crippen LogP contribution in [0.15, 0.2) is 18.2 Å². The topological polar surface area (TPSA) is 46.3 Å². The van der Waals surface area contributed by atoms with E-state index in [1.54, 1.807) is 6.07 Å². The van der Waals surface area contributed by atoms with E-state index in [2.05, 4.69) is 13.8 Å². The van der Waals surface area contributed by atoms with Gasteiger partial charge in [0.25, 0.3) is 5.91 Å². The first-order chi connectivity index (χ1) is 8.47. The first kappa shape index (κ1) is 13.3. The summed E-state index contributed by atoms with van der Waals surface area (Å²) in [5.74, 6) is 0.110. The fourth-order valence-electron chi connectivity index (χ4n) is 2.38. The molecule has 1 aliphatic heterocycles. The number of carbonyl (C=O) groups excluding carboxylic acids is 1. The molecule has 1 aromatic rings. The maximum atomic E-state index is 12.5. The Bertz CT molecular complexity index is 451. The summed E-state index contributed by atoms with van der Waals surface area (Å²) >= 11 is 1.95. The molecule has 0 bridgehead atoms. The number of nitrogen functional groups attached to an aromatic ring is 1. The maximum Gasteiger partial charge on any atom is 0.254 e. The lowest BCUT2D eigenvalue weighted by Crippen LogP contribution is -2.44. The molecule has 1 fully saturated rings. The van der Waals surface area contributed by atoms with Crippen LogP contribution in [0.25, 0.3) is 0 Å². The minimum absolute atomic E-state index is 0.110. The van der Waals surface area contributed by atoms with E-state index in [9.17, 15) is 4.79 Å². The van der Waals surface area contributed by atoms with Gasteiger partial charge in [-0.05, 0) is 24.6 Å². The lowest BCUT2D eigenvalue weighted by atomic mass is 10.1. The normalized spacial score (nSPS) is 24.1. The summed E-state index contributed by atoms with van der Waals surface area (Å²) in [6.07, 6.45) is 0. The zero-order valence-electron chi connectivity index (χ0n) is 11.1. The molecular weight excluding hydrogens is 244 g/mol. The van der Waals surface area contributed by atoms with E-state index in [1.807, 2.05) is 35.7 Å². The van der Waals surface area contributed by atoms with Gasteiger partial charge in [-0.25, -0.2) is 0 Å². The zero-order valence-corrected chi connectivity index (χ0v) is 12.0. The second-order valence-corrected chi connectivity index (χ2v) is 6.92. The lowest BCUT2D eigenvalue weighted by molar-refractivity contribution is 0.0752. The number of thioether (sulfide) groups is 1. The molecule has 3 nitrogen and oxygen atoms in total. The fourth-order valence-corrected chi connectivity index (χ4v) is 3.71. The number of nitrogens with zero attached hydrogens (tertiary/aromatic N) is 1. The number of rotatable bonds is 1. The summed E-state index contributed by atoms with van der Waals surface area (Å²) in [5.41, 5.74) is 8.15. The third-order valence-corrected chi connectivity index (χ3v) is 4.43. The van der Waals surface area contributed by atoms with Crippen molar-refractivity contribution in [1.29, 1.82) is 0 Å². The van der Waals surface area contributed by atoms with Gasteiger partial charge in [0, 0.05) is 34.8 Å². The molecule has 0 aromatic heterocycles. The van der Waals surface area contributed by atoms with Crippen LogP contribution in [0.4, 0.5) is 5.69 Å². The van der Waals surface area contributed by atoms with Crippen LogP contribution in [-0.2, 0) is 0 Å². The highest BCUT2D eigenvalue weighted by Gasteiger charge is 2.27. The van der Waals surface area contributed by atoms with Crippen LogP contribution in [0, 0.1) is 6.92 Å². The van der Waals surface area contributed by atoms with Crippen LogP contribution < -0.4 is 5.73 Å². The Morgan fingerprint density at radius 2 is 1.94 bits per heavy atom. The second-order valence-electron chi connectivity index (χ2n) is 5.04. The third-order valence-electron chi connectivity index (χ3n) is 3.20. The van der Waals surface area contributed by atoms with E-state index in [0.717, 1.165) is 24.2 Å². The molecule has 2 unspecified atom stereocenters. The third kappa shape index (κ3) is 2.80. The van der Waals surface area contributed by atoms with Crippen LogP contribution in [0.1, 0.15) is 29.8 Å². The number of hydrogen-bond donors (Lipinski definition) is 1. The molecule has 1 aromatic carbocycles. The number of aryl methyl sites for hydroxylation is 1. The van der Waals surface area contributed by atoms with Crippen LogP contribution >= 0.6 is 11.8 Å². The highest BCUT2D eigenvalue weighted by Crippen LogP contribution is 2.26.